The molecule has 0 bridgehead atoms. The smallest absolute Gasteiger partial charge is 0.310 e. The van der Waals surface area contributed by atoms with Crippen molar-refractivity contribution in [2.75, 3.05) is 7.11 Å². The van der Waals surface area contributed by atoms with Crippen LogP contribution in [-0.4, -0.2) is 36.2 Å². The van der Waals surface area contributed by atoms with Crippen molar-refractivity contribution in [1.82, 2.24) is 14.8 Å². The zero-order valence-corrected chi connectivity index (χ0v) is 15.5. The van der Waals surface area contributed by atoms with Gasteiger partial charge in [0.2, 0.25) is 0 Å². The van der Waals surface area contributed by atoms with E-state index in [0.29, 0.717) is 13.2 Å². The minimum absolute atomic E-state index is 0.111. The number of hydrogen-bond donors (Lipinski definition) is 0. The molecular weight excluding hydrogens is 298 g/mol. The molecule has 7 heteroatoms. The van der Waals surface area contributed by atoms with Crippen molar-refractivity contribution in [3.05, 3.63) is 11.6 Å². The quantitative estimate of drug-likeness (QED) is 0.628. The van der Waals surface area contributed by atoms with E-state index in [2.05, 4.69) is 44.1 Å². The summed E-state index contributed by atoms with van der Waals surface area (Å²) in [6, 6.07) is 0. The highest BCUT2D eigenvalue weighted by molar-refractivity contribution is 6.74. The van der Waals surface area contributed by atoms with Gasteiger partial charge >= 0.3 is 5.97 Å². The summed E-state index contributed by atoms with van der Waals surface area (Å²) in [7, 11) is -0.389. The highest BCUT2D eigenvalue weighted by atomic mass is 28.4. The maximum atomic E-state index is 11.8. The molecular formula is C15H27N3O3Si. The van der Waals surface area contributed by atoms with Crippen molar-refractivity contribution in [1.29, 1.82) is 0 Å². The van der Waals surface area contributed by atoms with Crippen LogP contribution in [0.2, 0.25) is 18.1 Å². The fourth-order valence-corrected chi connectivity index (χ4v) is 3.23. The number of esters is 1. The third-order valence-electron chi connectivity index (χ3n) is 4.93. The first-order valence-electron chi connectivity index (χ1n) is 7.78. The third kappa shape index (κ3) is 3.40. The second-order valence-corrected chi connectivity index (χ2v) is 12.3. The second-order valence-electron chi connectivity index (χ2n) is 7.45. The fraction of sp³-hybridized carbons (Fsp3) is 0.800. The van der Waals surface area contributed by atoms with Crippen LogP contribution in [0.25, 0.3) is 0 Å². The molecule has 124 valence electrons. The average molecular weight is 325 g/mol. The van der Waals surface area contributed by atoms with Gasteiger partial charge in [-0.15, -0.1) is 10.2 Å². The molecule has 1 aliphatic rings. The Hall–Kier alpha value is -1.21. The highest BCUT2D eigenvalue weighted by Crippen LogP contribution is 2.37. The number of carbonyl (C=O) groups excluding carboxylic acids is 1. The molecule has 1 aliphatic heterocycles. The van der Waals surface area contributed by atoms with Gasteiger partial charge in [0.25, 0.3) is 0 Å². The van der Waals surface area contributed by atoms with E-state index in [1.54, 1.807) is 0 Å². The molecule has 22 heavy (non-hydrogen) atoms. The Morgan fingerprint density at radius 1 is 1.36 bits per heavy atom. The van der Waals surface area contributed by atoms with Crippen LogP contribution in [0, 0.1) is 5.92 Å². The Kier molecular flexibility index (Phi) is 4.77. The Morgan fingerprint density at radius 2 is 2.05 bits per heavy atom. The largest absolute Gasteiger partial charge is 0.469 e. The first-order valence-corrected chi connectivity index (χ1v) is 10.7. The number of ether oxygens (including phenoxy) is 1. The number of nitrogens with zero attached hydrogens (tertiary/aromatic N) is 3. The van der Waals surface area contributed by atoms with Crippen molar-refractivity contribution in [3.63, 3.8) is 0 Å². The number of hydrogen-bond acceptors (Lipinski definition) is 5. The van der Waals surface area contributed by atoms with Crippen molar-refractivity contribution in [2.24, 2.45) is 5.92 Å². The lowest BCUT2D eigenvalue weighted by Gasteiger charge is -2.36. The number of fused-ring (bicyclic) bond motifs is 1. The molecule has 0 amide bonds. The first-order chi connectivity index (χ1) is 10.2. The first kappa shape index (κ1) is 17.1. The van der Waals surface area contributed by atoms with Crippen LogP contribution in [0.1, 0.15) is 38.8 Å². The second kappa shape index (κ2) is 6.12. The maximum Gasteiger partial charge on any atom is 0.310 e. The van der Waals surface area contributed by atoms with Gasteiger partial charge in [0.15, 0.2) is 14.1 Å². The highest BCUT2D eigenvalue weighted by Gasteiger charge is 2.38. The zero-order valence-electron chi connectivity index (χ0n) is 14.5. The van der Waals surface area contributed by atoms with Crippen molar-refractivity contribution in [2.45, 2.75) is 64.9 Å². The fourth-order valence-electron chi connectivity index (χ4n) is 2.31. The molecule has 1 aromatic rings. The molecule has 2 rings (SSSR count). The number of rotatable bonds is 4. The van der Waals surface area contributed by atoms with Crippen LogP contribution in [0.15, 0.2) is 0 Å². The lowest BCUT2D eigenvalue weighted by molar-refractivity contribution is -0.146. The Bertz CT molecular complexity index is 549. The van der Waals surface area contributed by atoms with Crippen molar-refractivity contribution < 1.29 is 14.0 Å². The normalized spacial score (nSPS) is 18.9. The molecule has 2 heterocycles. The van der Waals surface area contributed by atoms with E-state index in [-0.39, 0.29) is 16.9 Å². The van der Waals surface area contributed by atoms with Crippen LogP contribution in [0.3, 0.4) is 0 Å². The zero-order chi connectivity index (χ0) is 16.5. The molecule has 1 unspecified atom stereocenters. The monoisotopic (exact) mass is 325 g/mol. The topological polar surface area (TPSA) is 66.2 Å². The lowest BCUT2D eigenvalue weighted by Crippen LogP contribution is -2.40. The summed E-state index contributed by atoms with van der Waals surface area (Å²) in [5.41, 5.74) is 0. The van der Waals surface area contributed by atoms with Gasteiger partial charge in [-0.05, 0) is 24.6 Å². The summed E-state index contributed by atoms with van der Waals surface area (Å²) < 4.78 is 13.1. The maximum absolute atomic E-state index is 11.8. The molecule has 0 saturated carbocycles. The summed E-state index contributed by atoms with van der Waals surface area (Å²) in [6.45, 7) is 12.1. The van der Waals surface area contributed by atoms with Gasteiger partial charge in [-0.25, -0.2) is 0 Å². The number of aryl methyl sites for hydroxylation is 1. The molecule has 0 fully saturated rings. The van der Waals surface area contributed by atoms with E-state index in [9.17, 15) is 4.79 Å². The van der Waals surface area contributed by atoms with Crippen LogP contribution < -0.4 is 0 Å². The van der Waals surface area contributed by atoms with E-state index >= 15 is 0 Å². The van der Waals surface area contributed by atoms with Gasteiger partial charge in [-0.2, -0.15) is 0 Å². The van der Waals surface area contributed by atoms with E-state index < -0.39 is 8.32 Å². The van der Waals surface area contributed by atoms with Gasteiger partial charge in [-0.3, -0.25) is 4.79 Å². The predicted octanol–water partition coefficient (Wildman–Crippen LogP) is 2.54. The van der Waals surface area contributed by atoms with Gasteiger partial charge in [0.05, 0.1) is 19.6 Å². The summed E-state index contributed by atoms with van der Waals surface area (Å²) in [5.74, 6) is 1.48. The van der Waals surface area contributed by atoms with Gasteiger partial charge in [0, 0.05) is 13.0 Å². The van der Waals surface area contributed by atoms with Crippen LogP contribution in [0.4, 0.5) is 0 Å². The van der Waals surface area contributed by atoms with E-state index in [4.69, 9.17) is 9.16 Å². The minimum atomic E-state index is -1.82. The Morgan fingerprint density at radius 3 is 2.64 bits per heavy atom. The predicted molar refractivity (Wildman–Crippen MR) is 85.8 cm³/mol. The average Bonchev–Trinajstić information content (AvgIpc) is 2.85. The van der Waals surface area contributed by atoms with Crippen molar-refractivity contribution >= 4 is 14.3 Å². The molecule has 0 aromatic carbocycles. The summed E-state index contributed by atoms with van der Waals surface area (Å²) >= 11 is 0. The lowest BCUT2D eigenvalue weighted by atomic mass is 9.99. The summed E-state index contributed by atoms with van der Waals surface area (Å²) in [4.78, 5) is 11.8. The van der Waals surface area contributed by atoms with Crippen molar-refractivity contribution in [3.8, 4) is 0 Å². The van der Waals surface area contributed by atoms with Crippen LogP contribution >= 0.6 is 0 Å². The number of carbonyl (C=O) groups is 1. The standard InChI is InChI=1S/C15H27N3O3Si/c1-15(2,3)22(5,6)21-10-13-17-16-12-8-7-11(9-18(12)13)14(19)20-4/h11H,7-10H2,1-6H3. The molecule has 6 nitrogen and oxygen atoms in total. The minimum Gasteiger partial charge on any atom is -0.469 e. The van der Waals surface area contributed by atoms with Crippen LogP contribution in [0.5, 0.6) is 0 Å². The summed E-state index contributed by atoms with van der Waals surface area (Å²) in [6.07, 6.45) is 1.53. The van der Waals surface area contributed by atoms with Gasteiger partial charge in [0.1, 0.15) is 5.82 Å². The van der Waals surface area contributed by atoms with Gasteiger partial charge in [-0.1, -0.05) is 20.8 Å². The molecule has 1 aromatic heterocycles. The van der Waals surface area contributed by atoms with E-state index in [1.165, 1.54) is 7.11 Å². The molecule has 1 atom stereocenters. The third-order valence-corrected chi connectivity index (χ3v) is 9.40. The molecule has 0 spiro atoms. The molecule has 0 N–H and O–H groups in total. The van der Waals surface area contributed by atoms with Crippen LogP contribution in [-0.2, 0) is 33.5 Å². The SMILES string of the molecule is COC(=O)C1CCc2nnc(CO[Si](C)(C)C(C)(C)C)n2C1. The Balaban J connectivity index is 2.09. The Labute approximate surface area is 133 Å². The molecule has 0 aliphatic carbocycles. The number of methoxy groups -OCH3 is 1. The van der Waals surface area contributed by atoms with E-state index in [0.717, 1.165) is 24.5 Å². The van der Waals surface area contributed by atoms with Gasteiger partial charge < -0.3 is 13.7 Å². The van der Waals surface area contributed by atoms with E-state index in [1.807, 2.05) is 4.57 Å². The molecule has 0 radical (unpaired) electrons. The summed E-state index contributed by atoms with van der Waals surface area (Å²) in [5, 5.41) is 8.66. The molecule has 0 saturated heterocycles. The number of aromatic nitrogens is 3.